The number of hydrogen-bond donors (Lipinski definition) is 2. The molecule has 5 unspecified atom stereocenters. The molecule has 0 saturated heterocycles. The molecule has 4 rings (SSSR count). The van der Waals surface area contributed by atoms with Gasteiger partial charge in [-0.25, -0.2) is 8.78 Å². The zero-order valence-corrected chi connectivity index (χ0v) is 23.3. The minimum atomic E-state index is -2.21. The molecule has 3 aliphatic rings. The molecule has 0 aliphatic heterocycles. The van der Waals surface area contributed by atoms with E-state index in [-0.39, 0.29) is 17.9 Å². The molecule has 0 radical (unpaired) electrons. The third kappa shape index (κ3) is 6.25. The number of rotatable bonds is 13. The predicted molar refractivity (Wildman–Crippen MR) is 147 cm³/mol. The molecular formula is C31H48F2O2S. The van der Waals surface area contributed by atoms with Gasteiger partial charge in [-0.2, -0.15) is 11.8 Å². The second kappa shape index (κ2) is 12.8. The first-order valence-corrected chi connectivity index (χ1v) is 15.8. The average molecular weight is 523 g/mol. The van der Waals surface area contributed by atoms with Gasteiger partial charge >= 0.3 is 0 Å². The monoisotopic (exact) mass is 522 g/mol. The summed E-state index contributed by atoms with van der Waals surface area (Å²) in [5.41, 5.74) is 2.71. The summed E-state index contributed by atoms with van der Waals surface area (Å²) in [6, 6.07) is 5.99. The van der Waals surface area contributed by atoms with Gasteiger partial charge in [0, 0.05) is 11.7 Å². The summed E-state index contributed by atoms with van der Waals surface area (Å²) in [4.78, 5) is 0. The first-order chi connectivity index (χ1) is 17.3. The summed E-state index contributed by atoms with van der Waals surface area (Å²) >= 11 is 1.95. The Bertz CT molecular complexity index is 833. The van der Waals surface area contributed by atoms with Crippen molar-refractivity contribution in [1.82, 2.24) is 0 Å². The molecule has 0 amide bonds. The maximum atomic E-state index is 12.9. The van der Waals surface area contributed by atoms with E-state index in [4.69, 9.17) is 0 Å². The molecule has 204 valence electrons. The largest absolute Gasteiger partial charge is 0.508 e. The maximum absolute atomic E-state index is 12.9. The van der Waals surface area contributed by atoms with Gasteiger partial charge in [0.2, 0.25) is 6.43 Å². The number of fused-ring (bicyclic) bond motifs is 5. The Labute approximate surface area is 222 Å². The number of aliphatic hydroxyl groups excluding tert-OH is 1. The number of unbranched alkanes of at least 4 members (excludes halogenated alkanes) is 5. The SMILES string of the molecule is CCCCCCCCC(SCCCC(F)F)C1Cc2cc(O)ccc2C2CC[C@@]3(C)C(CC[C@@H]3O)C21. The molecule has 1 aromatic rings. The van der Waals surface area contributed by atoms with Gasteiger partial charge in [-0.1, -0.05) is 58.4 Å². The third-order valence-electron chi connectivity index (χ3n) is 9.98. The maximum Gasteiger partial charge on any atom is 0.238 e. The highest BCUT2D eigenvalue weighted by molar-refractivity contribution is 7.99. The van der Waals surface area contributed by atoms with Crippen molar-refractivity contribution < 1.29 is 19.0 Å². The first-order valence-electron chi connectivity index (χ1n) is 14.7. The van der Waals surface area contributed by atoms with Crippen molar-refractivity contribution in [3.63, 3.8) is 0 Å². The lowest BCUT2D eigenvalue weighted by atomic mass is 9.52. The summed E-state index contributed by atoms with van der Waals surface area (Å²) in [5, 5.41) is 21.7. The van der Waals surface area contributed by atoms with Crippen LogP contribution in [0.1, 0.15) is 114 Å². The van der Waals surface area contributed by atoms with Crippen molar-refractivity contribution in [3.05, 3.63) is 29.3 Å². The van der Waals surface area contributed by atoms with E-state index in [0.717, 1.165) is 44.3 Å². The first kappa shape index (κ1) is 28.2. The Morgan fingerprint density at radius 2 is 1.81 bits per heavy atom. The van der Waals surface area contributed by atoms with E-state index in [1.165, 1.54) is 49.7 Å². The summed E-state index contributed by atoms with van der Waals surface area (Å²) in [5.74, 6) is 3.16. The highest BCUT2D eigenvalue weighted by atomic mass is 32.2. The molecule has 3 aliphatic carbocycles. The molecule has 2 nitrogen and oxygen atoms in total. The van der Waals surface area contributed by atoms with Crippen LogP contribution in [0.4, 0.5) is 8.78 Å². The molecule has 0 heterocycles. The van der Waals surface area contributed by atoms with Crippen molar-refractivity contribution in [1.29, 1.82) is 0 Å². The van der Waals surface area contributed by atoms with Gasteiger partial charge < -0.3 is 10.2 Å². The Balaban J connectivity index is 1.57. The van der Waals surface area contributed by atoms with Gasteiger partial charge in [0.1, 0.15) is 5.75 Å². The van der Waals surface area contributed by atoms with Gasteiger partial charge in [0.15, 0.2) is 0 Å². The molecule has 36 heavy (non-hydrogen) atoms. The summed E-state index contributed by atoms with van der Waals surface area (Å²) in [6.45, 7) is 4.58. The molecule has 1 aromatic carbocycles. The Hall–Kier alpha value is -0.810. The van der Waals surface area contributed by atoms with Crippen molar-refractivity contribution >= 4 is 11.8 Å². The molecule has 2 N–H and O–H groups in total. The topological polar surface area (TPSA) is 40.5 Å². The molecule has 7 atom stereocenters. The number of phenolic OH excluding ortho intramolecular Hbond substituents is 1. The van der Waals surface area contributed by atoms with Crippen LogP contribution in [0.5, 0.6) is 5.75 Å². The third-order valence-corrected chi connectivity index (χ3v) is 11.5. The van der Waals surface area contributed by atoms with Crippen LogP contribution in [0.25, 0.3) is 0 Å². The van der Waals surface area contributed by atoms with Crippen LogP contribution in [0.2, 0.25) is 0 Å². The van der Waals surface area contributed by atoms with Gasteiger partial charge in [-0.3, -0.25) is 0 Å². The Morgan fingerprint density at radius 1 is 1.03 bits per heavy atom. The van der Waals surface area contributed by atoms with Crippen LogP contribution in [-0.4, -0.2) is 33.7 Å². The molecule has 5 heteroatoms. The van der Waals surface area contributed by atoms with Crippen LogP contribution in [-0.2, 0) is 6.42 Å². The van der Waals surface area contributed by atoms with Gasteiger partial charge in [-0.15, -0.1) is 0 Å². The predicted octanol–water partition coefficient (Wildman–Crippen LogP) is 8.73. The zero-order valence-electron chi connectivity index (χ0n) is 22.4. The molecule has 0 spiro atoms. The number of benzene rings is 1. The minimum absolute atomic E-state index is 0.00111. The number of hydrogen-bond acceptors (Lipinski definition) is 3. The number of alkyl halides is 2. The van der Waals surface area contributed by atoms with Crippen LogP contribution in [0.15, 0.2) is 18.2 Å². The quantitative estimate of drug-likeness (QED) is 0.254. The summed E-state index contributed by atoms with van der Waals surface area (Å²) in [6.07, 6.45) is 12.1. The fourth-order valence-electron chi connectivity index (χ4n) is 8.05. The molecule has 0 aromatic heterocycles. The lowest BCUT2D eigenvalue weighted by Crippen LogP contribution is -2.49. The smallest absolute Gasteiger partial charge is 0.238 e. The van der Waals surface area contributed by atoms with Crippen LogP contribution < -0.4 is 0 Å². The number of aromatic hydroxyl groups is 1. The Kier molecular flexibility index (Phi) is 10.0. The van der Waals surface area contributed by atoms with E-state index in [0.29, 0.717) is 41.1 Å². The number of phenols is 1. The van der Waals surface area contributed by atoms with Crippen molar-refractivity contribution in [2.24, 2.45) is 23.2 Å². The van der Waals surface area contributed by atoms with Crippen LogP contribution >= 0.6 is 11.8 Å². The second-order valence-corrected chi connectivity index (χ2v) is 13.5. The van der Waals surface area contributed by atoms with Crippen LogP contribution in [0.3, 0.4) is 0 Å². The average Bonchev–Trinajstić information content (AvgIpc) is 3.16. The highest BCUT2D eigenvalue weighted by Crippen LogP contribution is 2.63. The fraction of sp³-hybridized carbons (Fsp3) is 0.806. The van der Waals surface area contributed by atoms with Crippen molar-refractivity contribution in [2.45, 2.75) is 127 Å². The van der Waals surface area contributed by atoms with Gasteiger partial charge in [0.05, 0.1) is 6.10 Å². The zero-order chi connectivity index (χ0) is 25.7. The van der Waals surface area contributed by atoms with E-state index in [1.807, 2.05) is 23.9 Å². The van der Waals surface area contributed by atoms with E-state index in [9.17, 15) is 19.0 Å². The molecule has 2 saturated carbocycles. The Morgan fingerprint density at radius 3 is 2.58 bits per heavy atom. The fourth-order valence-corrected chi connectivity index (χ4v) is 9.54. The van der Waals surface area contributed by atoms with E-state index < -0.39 is 6.43 Å². The standard InChI is InChI=1S/C31H48F2O2S/c1-3-4-5-6-7-8-10-27(36-18-9-11-29(32)33)25-20-21-19-22(34)12-13-23(21)24-16-17-31(2)26(30(24)25)14-15-28(31)35/h12-13,19,24-30,34-35H,3-11,14-18,20H2,1-2H3/t24?,25?,26?,27?,28-,30?,31-/m0/s1. The summed E-state index contributed by atoms with van der Waals surface area (Å²) in [7, 11) is 0. The van der Waals surface area contributed by atoms with Gasteiger partial charge in [0.25, 0.3) is 0 Å². The molecular weight excluding hydrogens is 474 g/mol. The normalized spacial score (nSPS) is 32.2. The lowest BCUT2D eigenvalue weighted by Gasteiger charge is -2.54. The van der Waals surface area contributed by atoms with E-state index in [1.54, 1.807) is 0 Å². The lowest BCUT2D eigenvalue weighted by molar-refractivity contribution is -0.0387. The van der Waals surface area contributed by atoms with Crippen molar-refractivity contribution in [3.8, 4) is 5.75 Å². The molecule has 2 fully saturated rings. The molecule has 0 bridgehead atoms. The van der Waals surface area contributed by atoms with E-state index >= 15 is 0 Å². The number of aliphatic hydroxyl groups is 1. The number of halogens is 2. The van der Waals surface area contributed by atoms with Crippen LogP contribution in [0, 0.1) is 23.2 Å². The van der Waals surface area contributed by atoms with E-state index in [2.05, 4.69) is 19.9 Å². The second-order valence-electron chi connectivity index (χ2n) is 12.2. The minimum Gasteiger partial charge on any atom is -0.508 e. The van der Waals surface area contributed by atoms with Crippen molar-refractivity contribution in [2.75, 3.05) is 5.75 Å². The number of thioether (sulfide) groups is 1. The highest BCUT2D eigenvalue weighted by Gasteiger charge is 2.57. The summed E-state index contributed by atoms with van der Waals surface area (Å²) < 4.78 is 25.7. The van der Waals surface area contributed by atoms with Gasteiger partial charge in [-0.05, 0) is 103 Å².